The van der Waals surface area contributed by atoms with Crippen molar-refractivity contribution in [1.29, 1.82) is 0 Å². The molecule has 0 unspecified atom stereocenters. The molecule has 0 fully saturated rings. The van der Waals surface area contributed by atoms with Crippen molar-refractivity contribution < 1.29 is 13.6 Å². The summed E-state index contributed by atoms with van der Waals surface area (Å²) in [5, 5.41) is 0. The molecule has 0 saturated carbocycles. The van der Waals surface area contributed by atoms with Crippen molar-refractivity contribution in [2.75, 3.05) is 0 Å². The van der Waals surface area contributed by atoms with E-state index >= 15 is 0 Å². The van der Waals surface area contributed by atoms with Crippen molar-refractivity contribution in [3.63, 3.8) is 0 Å². The van der Waals surface area contributed by atoms with Gasteiger partial charge >= 0.3 is 0 Å². The van der Waals surface area contributed by atoms with E-state index in [2.05, 4.69) is 15.9 Å². The molecule has 0 amide bonds. The number of benzene rings is 2. The Morgan fingerprint density at radius 2 is 1.89 bits per heavy atom. The molecular formula is C14H9BrF2O. The molecule has 0 heterocycles. The van der Waals surface area contributed by atoms with Gasteiger partial charge in [-0.05, 0) is 30.7 Å². The number of halogens is 3. The molecule has 0 aliphatic rings. The number of rotatable bonds is 2. The average molecular weight is 311 g/mol. The molecule has 92 valence electrons. The van der Waals surface area contributed by atoms with E-state index < -0.39 is 23.0 Å². The minimum Gasteiger partial charge on any atom is -0.288 e. The zero-order valence-electron chi connectivity index (χ0n) is 9.51. The van der Waals surface area contributed by atoms with Gasteiger partial charge in [0.2, 0.25) is 0 Å². The Labute approximate surface area is 112 Å². The van der Waals surface area contributed by atoms with Crippen LogP contribution in [0.3, 0.4) is 0 Å². The molecule has 4 heteroatoms. The van der Waals surface area contributed by atoms with Crippen LogP contribution in [0, 0.1) is 18.6 Å². The molecule has 0 aliphatic heterocycles. The minimum absolute atomic E-state index is 0.243. The van der Waals surface area contributed by atoms with Gasteiger partial charge in [0.05, 0.1) is 5.56 Å². The Bertz CT molecular complexity index is 623. The van der Waals surface area contributed by atoms with Gasteiger partial charge in [0.25, 0.3) is 0 Å². The maximum atomic E-state index is 13.8. The Kier molecular flexibility index (Phi) is 3.57. The van der Waals surface area contributed by atoms with Gasteiger partial charge in [-0.2, -0.15) is 0 Å². The Balaban J connectivity index is 2.56. The van der Waals surface area contributed by atoms with Crippen LogP contribution in [0.5, 0.6) is 0 Å². The Morgan fingerprint density at radius 1 is 1.17 bits per heavy atom. The minimum atomic E-state index is -0.844. The molecule has 1 nitrogen and oxygen atoms in total. The highest BCUT2D eigenvalue weighted by Crippen LogP contribution is 2.21. The van der Waals surface area contributed by atoms with E-state index in [1.807, 2.05) is 0 Å². The first kappa shape index (κ1) is 12.9. The van der Waals surface area contributed by atoms with Gasteiger partial charge < -0.3 is 0 Å². The van der Waals surface area contributed by atoms with Crippen LogP contribution < -0.4 is 0 Å². The van der Waals surface area contributed by atoms with E-state index in [9.17, 15) is 13.6 Å². The van der Waals surface area contributed by atoms with Crippen molar-refractivity contribution in [3.8, 4) is 0 Å². The van der Waals surface area contributed by atoms with E-state index in [-0.39, 0.29) is 11.1 Å². The molecule has 0 bridgehead atoms. The highest BCUT2D eigenvalue weighted by molar-refractivity contribution is 9.10. The van der Waals surface area contributed by atoms with Crippen LogP contribution >= 0.6 is 15.9 Å². The normalized spacial score (nSPS) is 10.4. The highest BCUT2D eigenvalue weighted by Gasteiger charge is 2.20. The summed E-state index contributed by atoms with van der Waals surface area (Å²) in [6, 6.07) is 8.84. The van der Waals surface area contributed by atoms with Gasteiger partial charge in [0.15, 0.2) is 5.78 Å². The molecule has 0 aliphatic carbocycles. The lowest BCUT2D eigenvalue weighted by Crippen LogP contribution is -2.08. The molecule has 0 spiro atoms. The SMILES string of the molecule is Cc1ccc(F)c(C(=O)c2cccc(Br)c2)c1F. The van der Waals surface area contributed by atoms with Crippen LogP contribution in [0.25, 0.3) is 0 Å². The predicted octanol–water partition coefficient (Wildman–Crippen LogP) is 4.27. The van der Waals surface area contributed by atoms with Crippen LogP contribution in [-0.2, 0) is 0 Å². The third kappa shape index (κ3) is 2.34. The number of ketones is 1. The fourth-order valence-electron chi connectivity index (χ4n) is 1.64. The van der Waals surface area contributed by atoms with E-state index in [1.54, 1.807) is 12.1 Å². The quantitative estimate of drug-likeness (QED) is 0.757. The second-order valence-electron chi connectivity index (χ2n) is 3.89. The fraction of sp³-hybridized carbons (Fsp3) is 0.0714. The smallest absolute Gasteiger partial charge is 0.198 e. The van der Waals surface area contributed by atoms with E-state index in [0.29, 0.717) is 4.47 Å². The van der Waals surface area contributed by atoms with E-state index in [0.717, 1.165) is 6.07 Å². The van der Waals surface area contributed by atoms with Gasteiger partial charge in [-0.25, -0.2) is 8.78 Å². The first-order valence-electron chi connectivity index (χ1n) is 5.25. The Morgan fingerprint density at radius 3 is 2.56 bits per heavy atom. The highest BCUT2D eigenvalue weighted by atomic mass is 79.9. The third-order valence-electron chi connectivity index (χ3n) is 2.60. The number of hydrogen-bond acceptors (Lipinski definition) is 1. The molecule has 0 atom stereocenters. The zero-order valence-corrected chi connectivity index (χ0v) is 11.1. The standard InChI is InChI=1S/C14H9BrF2O/c1-8-5-6-11(16)12(13(8)17)14(18)9-3-2-4-10(15)7-9/h2-7H,1H3. The van der Waals surface area contributed by atoms with Crippen LogP contribution in [0.15, 0.2) is 40.9 Å². The topological polar surface area (TPSA) is 17.1 Å². The largest absolute Gasteiger partial charge is 0.288 e. The van der Waals surface area contributed by atoms with E-state index in [4.69, 9.17) is 0 Å². The maximum Gasteiger partial charge on any atom is 0.198 e. The van der Waals surface area contributed by atoms with Crippen LogP contribution in [-0.4, -0.2) is 5.78 Å². The zero-order chi connectivity index (χ0) is 13.3. The summed E-state index contributed by atoms with van der Waals surface area (Å²) in [5.74, 6) is -2.31. The molecule has 0 radical (unpaired) electrons. The maximum absolute atomic E-state index is 13.8. The summed E-state index contributed by atoms with van der Waals surface area (Å²) in [4.78, 5) is 12.1. The monoisotopic (exact) mass is 310 g/mol. The number of hydrogen-bond donors (Lipinski definition) is 0. The predicted molar refractivity (Wildman–Crippen MR) is 68.7 cm³/mol. The van der Waals surface area contributed by atoms with E-state index in [1.165, 1.54) is 25.1 Å². The molecule has 2 rings (SSSR count). The summed E-state index contributed by atoms with van der Waals surface area (Å²) >= 11 is 3.21. The average Bonchev–Trinajstić information content (AvgIpc) is 2.34. The molecular weight excluding hydrogens is 302 g/mol. The molecule has 2 aromatic carbocycles. The summed E-state index contributed by atoms with van der Waals surface area (Å²) < 4.78 is 28.1. The van der Waals surface area contributed by atoms with Crippen molar-refractivity contribution in [1.82, 2.24) is 0 Å². The second-order valence-corrected chi connectivity index (χ2v) is 4.81. The molecule has 0 aromatic heterocycles. The van der Waals surface area contributed by atoms with Crippen LogP contribution in [0.1, 0.15) is 21.5 Å². The first-order chi connectivity index (χ1) is 8.50. The van der Waals surface area contributed by atoms with Crippen molar-refractivity contribution >= 4 is 21.7 Å². The molecule has 18 heavy (non-hydrogen) atoms. The van der Waals surface area contributed by atoms with Crippen molar-refractivity contribution in [3.05, 3.63) is 69.2 Å². The molecule has 0 N–H and O–H groups in total. The lowest BCUT2D eigenvalue weighted by molar-refractivity contribution is 0.103. The fourth-order valence-corrected chi connectivity index (χ4v) is 2.04. The lowest BCUT2D eigenvalue weighted by Gasteiger charge is -2.06. The lowest BCUT2D eigenvalue weighted by atomic mass is 10.0. The Hall–Kier alpha value is -1.55. The molecule has 2 aromatic rings. The summed E-state index contributed by atoms with van der Waals surface area (Å²) in [7, 11) is 0. The summed E-state index contributed by atoms with van der Waals surface area (Å²) in [6.07, 6.45) is 0. The molecule has 0 saturated heterocycles. The summed E-state index contributed by atoms with van der Waals surface area (Å²) in [5.41, 5.74) is -0.0179. The van der Waals surface area contributed by atoms with Gasteiger partial charge in [-0.1, -0.05) is 34.1 Å². The van der Waals surface area contributed by atoms with Gasteiger partial charge in [-0.3, -0.25) is 4.79 Å². The van der Waals surface area contributed by atoms with Gasteiger partial charge in [-0.15, -0.1) is 0 Å². The van der Waals surface area contributed by atoms with Crippen molar-refractivity contribution in [2.45, 2.75) is 6.92 Å². The van der Waals surface area contributed by atoms with Crippen LogP contribution in [0.4, 0.5) is 8.78 Å². The third-order valence-corrected chi connectivity index (χ3v) is 3.09. The first-order valence-corrected chi connectivity index (χ1v) is 6.05. The second kappa shape index (κ2) is 4.98. The van der Waals surface area contributed by atoms with Crippen molar-refractivity contribution in [2.24, 2.45) is 0 Å². The van der Waals surface area contributed by atoms with Gasteiger partial charge in [0, 0.05) is 10.0 Å². The number of carbonyl (C=O) groups is 1. The van der Waals surface area contributed by atoms with Gasteiger partial charge in [0.1, 0.15) is 11.6 Å². The van der Waals surface area contributed by atoms with Crippen LogP contribution in [0.2, 0.25) is 0 Å². The number of carbonyl (C=O) groups excluding carboxylic acids is 1. The summed E-state index contributed by atoms with van der Waals surface area (Å²) in [6.45, 7) is 1.49. The number of aryl methyl sites for hydroxylation is 1.